The maximum Gasteiger partial charge on any atom is 0.169 e. The van der Waals surface area contributed by atoms with Crippen LogP contribution in [0.4, 0.5) is 11.6 Å². The molecule has 0 aliphatic carbocycles. The summed E-state index contributed by atoms with van der Waals surface area (Å²) in [6.07, 6.45) is 4.31. The Labute approximate surface area is 89.1 Å². The zero-order valence-electron chi connectivity index (χ0n) is 9.03. The molecule has 1 fully saturated rings. The maximum absolute atomic E-state index is 5.73. The van der Waals surface area contributed by atoms with Crippen molar-refractivity contribution in [3.05, 3.63) is 12.4 Å². The Hall–Kier alpha value is -1.36. The van der Waals surface area contributed by atoms with Crippen molar-refractivity contribution in [2.45, 2.75) is 31.9 Å². The molecule has 0 bridgehead atoms. The van der Waals surface area contributed by atoms with E-state index in [0.29, 0.717) is 11.6 Å². The third-order valence-corrected chi connectivity index (χ3v) is 3.02. The van der Waals surface area contributed by atoms with Crippen LogP contribution in [0.1, 0.15) is 20.3 Å². The standard InChI is InChI=1S/C10H16N4O/c1-7-10(2,3-6-15-7)14-9-8(11)12-4-5-13-9/h4-5,7H,3,6H2,1-2H3,(H2,11,12)(H,13,14). The predicted molar refractivity (Wildman–Crippen MR) is 58.5 cm³/mol. The fourth-order valence-electron chi connectivity index (χ4n) is 1.71. The summed E-state index contributed by atoms with van der Waals surface area (Å²) in [5.41, 5.74) is 5.62. The Bertz CT molecular complexity index is 357. The number of nitrogens with one attached hydrogen (secondary N) is 1. The first-order valence-electron chi connectivity index (χ1n) is 5.08. The molecule has 0 amide bonds. The number of ether oxygens (including phenoxy) is 1. The van der Waals surface area contributed by atoms with E-state index in [9.17, 15) is 0 Å². The second-order valence-corrected chi connectivity index (χ2v) is 4.10. The van der Waals surface area contributed by atoms with Crippen molar-refractivity contribution in [2.75, 3.05) is 17.7 Å². The lowest BCUT2D eigenvalue weighted by Crippen LogP contribution is -2.41. The first-order valence-corrected chi connectivity index (χ1v) is 5.08. The van der Waals surface area contributed by atoms with Crippen LogP contribution in [0.5, 0.6) is 0 Å². The molecule has 2 heterocycles. The molecule has 5 nitrogen and oxygen atoms in total. The molecule has 1 saturated heterocycles. The number of nitrogens with zero attached hydrogens (tertiary/aromatic N) is 2. The second kappa shape index (κ2) is 3.66. The van der Waals surface area contributed by atoms with Crippen molar-refractivity contribution < 1.29 is 4.74 Å². The van der Waals surface area contributed by atoms with Crippen molar-refractivity contribution in [1.29, 1.82) is 0 Å². The van der Waals surface area contributed by atoms with Crippen LogP contribution in [0.2, 0.25) is 0 Å². The smallest absolute Gasteiger partial charge is 0.169 e. The highest BCUT2D eigenvalue weighted by Crippen LogP contribution is 2.29. The largest absolute Gasteiger partial charge is 0.381 e. The van der Waals surface area contributed by atoms with Crippen LogP contribution in [-0.2, 0) is 4.74 Å². The molecule has 1 aliphatic heterocycles. The molecular weight excluding hydrogens is 192 g/mol. The zero-order chi connectivity index (χ0) is 10.9. The van der Waals surface area contributed by atoms with Gasteiger partial charge >= 0.3 is 0 Å². The van der Waals surface area contributed by atoms with Gasteiger partial charge in [-0.05, 0) is 20.3 Å². The fraction of sp³-hybridized carbons (Fsp3) is 0.600. The maximum atomic E-state index is 5.73. The van der Waals surface area contributed by atoms with Crippen LogP contribution in [0.15, 0.2) is 12.4 Å². The lowest BCUT2D eigenvalue weighted by Gasteiger charge is -2.29. The highest BCUT2D eigenvalue weighted by atomic mass is 16.5. The molecule has 1 aromatic rings. The molecule has 5 heteroatoms. The van der Waals surface area contributed by atoms with Gasteiger partial charge in [0.25, 0.3) is 0 Å². The van der Waals surface area contributed by atoms with Crippen LogP contribution < -0.4 is 11.1 Å². The van der Waals surface area contributed by atoms with Crippen molar-refractivity contribution >= 4 is 11.6 Å². The van der Waals surface area contributed by atoms with Gasteiger partial charge in [0.15, 0.2) is 11.6 Å². The minimum Gasteiger partial charge on any atom is -0.381 e. The molecule has 15 heavy (non-hydrogen) atoms. The Kier molecular flexibility index (Phi) is 2.48. The van der Waals surface area contributed by atoms with Crippen molar-refractivity contribution in [3.8, 4) is 0 Å². The van der Waals surface area contributed by atoms with Crippen LogP contribution in [0.3, 0.4) is 0 Å². The Morgan fingerprint density at radius 3 is 2.87 bits per heavy atom. The molecule has 0 spiro atoms. The lowest BCUT2D eigenvalue weighted by atomic mass is 9.95. The van der Waals surface area contributed by atoms with E-state index in [4.69, 9.17) is 10.5 Å². The average molecular weight is 208 g/mol. The summed E-state index contributed by atoms with van der Waals surface area (Å²) in [6, 6.07) is 0. The van der Waals surface area contributed by atoms with E-state index in [-0.39, 0.29) is 11.6 Å². The van der Waals surface area contributed by atoms with Gasteiger partial charge in [0.2, 0.25) is 0 Å². The third-order valence-electron chi connectivity index (χ3n) is 3.02. The number of nitrogen functional groups attached to an aromatic ring is 1. The molecule has 2 unspecified atom stereocenters. The van der Waals surface area contributed by atoms with E-state index in [1.165, 1.54) is 0 Å². The summed E-state index contributed by atoms with van der Waals surface area (Å²) >= 11 is 0. The Balaban J connectivity index is 2.18. The summed E-state index contributed by atoms with van der Waals surface area (Å²) in [5, 5.41) is 3.31. The van der Waals surface area contributed by atoms with Gasteiger partial charge in [-0.3, -0.25) is 0 Å². The number of nitrogens with two attached hydrogens (primary N) is 1. The summed E-state index contributed by atoms with van der Waals surface area (Å²) in [6.45, 7) is 4.93. The van der Waals surface area contributed by atoms with Gasteiger partial charge in [-0.1, -0.05) is 0 Å². The van der Waals surface area contributed by atoms with Crippen LogP contribution in [0, 0.1) is 0 Å². The molecule has 0 saturated carbocycles. The molecular formula is C10H16N4O. The van der Waals surface area contributed by atoms with Crippen molar-refractivity contribution in [2.24, 2.45) is 0 Å². The summed E-state index contributed by atoms with van der Waals surface area (Å²) < 4.78 is 5.53. The molecule has 1 aliphatic rings. The normalized spacial score (nSPS) is 30.4. The van der Waals surface area contributed by atoms with E-state index in [2.05, 4.69) is 22.2 Å². The van der Waals surface area contributed by atoms with Crippen LogP contribution in [-0.4, -0.2) is 28.2 Å². The van der Waals surface area contributed by atoms with E-state index in [0.717, 1.165) is 13.0 Å². The van der Waals surface area contributed by atoms with Gasteiger partial charge in [-0.25, -0.2) is 9.97 Å². The van der Waals surface area contributed by atoms with Gasteiger partial charge in [0.05, 0.1) is 11.6 Å². The van der Waals surface area contributed by atoms with E-state index in [1.807, 2.05) is 6.92 Å². The molecule has 3 N–H and O–H groups in total. The highest BCUT2D eigenvalue weighted by Gasteiger charge is 2.37. The minimum absolute atomic E-state index is 0.107. The van der Waals surface area contributed by atoms with Gasteiger partial charge in [-0.2, -0.15) is 0 Å². The monoisotopic (exact) mass is 208 g/mol. The van der Waals surface area contributed by atoms with Crippen molar-refractivity contribution in [3.63, 3.8) is 0 Å². The predicted octanol–water partition coefficient (Wildman–Crippen LogP) is 1.04. The summed E-state index contributed by atoms with van der Waals surface area (Å²) in [7, 11) is 0. The number of rotatable bonds is 2. The molecule has 0 radical (unpaired) electrons. The average Bonchev–Trinajstić information content (AvgIpc) is 2.51. The van der Waals surface area contributed by atoms with Crippen LogP contribution in [0.25, 0.3) is 0 Å². The second-order valence-electron chi connectivity index (χ2n) is 4.10. The minimum atomic E-state index is -0.107. The lowest BCUT2D eigenvalue weighted by molar-refractivity contribution is 0.105. The number of hydrogen-bond donors (Lipinski definition) is 2. The molecule has 0 aromatic carbocycles. The Morgan fingerprint density at radius 2 is 2.27 bits per heavy atom. The topological polar surface area (TPSA) is 73.1 Å². The van der Waals surface area contributed by atoms with E-state index in [1.54, 1.807) is 12.4 Å². The van der Waals surface area contributed by atoms with Gasteiger partial charge < -0.3 is 15.8 Å². The van der Waals surface area contributed by atoms with Gasteiger partial charge in [0.1, 0.15) is 0 Å². The number of hydrogen-bond acceptors (Lipinski definition) is 5. The zero-order valence-corrected chi connectivity index (χ0v) is 9.03. The molecule has 2 rings (SSSR count). The third kappa shape index (κ3) is 1.87. The van der Waals surface area contributed by atoms with E-state index >= 15 is 0 Å². The Morgan fingerprint density at radius 1 is 1.53 bits per heavy atom. The first kappa shape index (κ1) is 10.2. The molecule has 2 atom stereocenters. The van der Waals surface area contributed by atoms with E-state index < -0.39 is 0 Å². The number of anilines is 2. The summed E-state index contributed by atoms with van der Waals surface area (Å²) in [5.74, 6) is 1.06. The van der Waals surface area contributed by atoms with Gasteiger partial charge in [-0.15, -0.1) is 0 Å². The van der Waals surface area contributed by atoms with Gasteiger partial charge in [0, 0.05) is 19.0 Å². The van der Waals surface area contributed by atoms with Crippen LogP contribution >= 0.6 is 0 Å². The highest BCUT2D eigenvalue weighted by molar-refractivity contribution is 5.56. The first-order chi connectivity index (χ1) is 7.12. The molecule has 1 aromatic heterocycles. The fourth-order valence-corrected chi connectivity index (χ4v) is 1.71. The SMILES string of the molecule is CC1OCCC1(C)Nc1nccnc1N. The molecule has 82 valence electrons. The quantitative estimate of drug-likeness (QED) is 0.759. The number of aromatic nitrogens is 2. The summed E-state index contributed by atoms with van der Waals surface area (Å²) in [4.78, 5) is 8.16. The van der Waals surface area contributed by atoms with Crippen molar-refractivity contribution in [1.82, 2.24) is 9.97 Å².